The van der Waals surface area contributed by atoms with Gasteiger partial charge in [0.1, 0.15) is 0 Å². The van der Waals surface area contributed by atoms with Gasteiger partial charge in [0.15, 0.2) is 0 Å². The largest absolute Gasteiger partial charge is 0.324 e. The normalized spacial score (nSPS) is 9.00. The summed E-state index contributed by atoms with van der Waals surface area (Å²) in [6.07, 6.45) is 3.00. The van der Waals surface area contributed by atoms with E-state index in [0.29, 0.717) is 5.82 Å². The third-order valence-electron chi connectivity index (χ3n) is 0.797. The van der Waals surface area contributed by atoms with E-state index in [1.165, 1.54) is 12.4 Å². The van der Waals surface area contributed by atoms with Gasteiger partial charge in [-0.3, -0.25) is 4.79 Å². The molecule has 0 spiro atoms. The van der Waals surface area contributed by atoms with Gasteiger partial charge in [0.2, 0.25) is 5.82 Å². The van der Waals surface area contributed by atoms with Crippen LogP contribution in [0.4, 0.5) is 5.82 Å². The number of nitrogens with zero attached hydrogens (tertiary/aromatic N) is 1. The Kier molecular flexibility index (Phi) is 2.04. The monoisotopic (exact) mass is 237 g/mol. The summed E-state index contributed by atoms with van der Waals surface area (Å²) in [7, 11) is 0. The lowest BCUT2D eigenvalue weighted by molar-refractivity contribution is 1.15. The fraction of sp³-hybridized carbons (Fsp3) is 0. The maximum Gasteiger partial charge on any atom is 0.291 e. The molecule has 1 rings (SSSR count). The van der Waals surface area contributed by atoms with E-state index in [1.807, 2.05) is 22.9 Å². The second-order valence-electron chi connectivity index (χ2n) is 1.36. The molecular formula is C4H4IN3O. The van der Waals surface area contributed by atoms with E-state index in [0.717, 1.165) is 0 Å². The lowest BCUT2D eigenvalue weighted by Crippen LogP contribution is -2.09. The fourth-order valence-electron chi connectivity index (χ4n) is 0.419. The molecule has 0 bridgehead atoms. The first kappa shape index (κ1) is 6.53. The first-order chi connectivity index (χ1) is 4.34. The molecule has 0 radical (unpaired) electrons. The van der Waals surface area contributed by atoms with Gasteiger partial charge in [-0.25, -0.2) is 4.98 Å². The summed E-state index contributed by atoms with van der Waals surface area (Å²) in [5.74, 6) is 0.332. The van der Waals surface area contributed by atoms with Crippen LogP contribution in [0, 0.1) is 0 Å². The molecule has 0 aliphatic rings. The Balaban J connectivity index is 3.16. The van der Waals surface area contributed by atoms with Crippen molar-refractivity contribution < 1.29 is 0 Å². The van der Waals surface area contributed by atoms with Crippen LogP contribution in [0.15, 0.2) is 17.2 Å². The molecule has 1 heterocycles. The summed E-state index contributed by atoms with van der Waals surface area (Å²) in [5, 5.41) is 0. The van der Waals surface area contributed by atoms with Gasteiger partial charge in [-0.1, -0.05) is 0 Å². The maximum absolute atomic E-state index is 10.7. The smallest absolute Gasteiger partial charge is 0.291 e. The topological polar surface area (TPSA) is 57.8 Å². The molecule has 1 aromatic heterocycles. The molecule has 4 nitrogen and oxygen atoms in total. The highest BCUT2D eigenvalue weighted by Gasteiger charge is 1.92. The molecule has 9 heavy (non-hydrogen) atoms. The Hall–Kier alpha value is -0.590. The third kappa shape index (κ3) is 1.41. The van der Waals surface area contributed by atoms with Crippen molar-refractivity contribution in [2.75, 3.05) is 3.53 Å². The van der Waals surface area contributed by atoms with Crippen molar-refractivity contribution in [2.45, 2.75) is 0 Å². The van der Waals surface area contributed by atoms with Crippen molar-refractivity contribution >= 4 is 28.7 Å². The van der Waals surface area contributed by atoms with Gasteiger partial charge in [0.05, 0.1) is 22.9 Å². The van der Waals surface area contributed by atoms with Gasteiger partial charge in [0.25, 0.3) is 5.56 Å². The summed E-state index contributed by atoms with van der Waals surface area (Å²) in [6.45, 7) is 0. The number of anilines is 1. The molecule has 0 aliphatic carbocycles. The van der Waals surface area contributed by atoms with Crippen LogP contribution in [0.2, 0.25) is 0 Å². The average molecular weight is 237 g/mol. The number of halogens is 1. The number of hydrogen-bond acceptors (Lipinski definition) is 3. The van der Waals surface area contributed by atoms with Crippen LogP contribution in [0.5, 0.6) is 0 Å². The number of hydrogen-bond donors (Lipinski definition) is 2. The van der Waals surface area contributed by atoms with Crippen LogP contribution in [0.1, 0.15) is 0 Å². The number of rotatable bonds is 1. The van der Waals surface area contributed by atoms with Crippen molar-refractivity contribution in [1.82, 2.24) is 9.97 Å². The highest BCUT2D eigenvalue weighted by Crippen LogP contribution is 1.91. The number of nitrogens with one attached hydrogen (secondary N) is 2. The Labute approximate surface area is 65.2 Å². The van der Waals surface area contributed by atoms with Crippen LogP contribution in [0.3, 0.4) is 0 Å². The van der Waals surface area contributed by atoms with Gasteiger partial charge in [0, 0.05) is 12.4 Å². The minimum atomic E-state index is -0.202. The molecule has 0 aliphatic heterocycles. The van der Waals surface area contributed by atoms with Gasteiger partial charge < -0.3 is 8.51 Å². The van der Waals surface area contributed by atoms with Crippen molar-refractivity contribution in [1.29, 1.82) is 0 Å². The molecule has 1 aromatic rings. The second-order valence-corrected chi connectivity index (χ2v) is 1.90. The quantitative estimate of drug-likeness (QED) is 0.553. The Bertz CT molecular complexity index is 246. The van der Waals surface area contributed by atoms with Crippen LogP contribution in [-0.2, 0) is 0 Å². The van der Waals surface area contributed by atoms with Crippen LogP contribution < -0.4 is 9.09 Å². The lowest BCUT2D eigenvalue weighted by atomic mass is 10.7. The summed E-state index contributed by atoms with van der Waals surface area (Å²) in [4.78, 5) is 16.9. The molecule has 0 saturated carbocycles. The first-order valence-corrected chi connectivity index (χ1v) is 3.33. The molecule has 0 atom stereocenters. The first-order valence-electron chi connectivity index (χ1n) is 2.25. The van der Waals surface area contributed by atoms with Gasteiger partial charge in [-0.15, -0.1) is 0 Å². The lowest BCUT2D eigenvalue weighted by Gasteiger charge is -1.90. The van der Waals surface area contributed by atoms with Crippen molar-refractivity contribution in [3.63, 3.8) is 0 Å². The molecule has 5 heteroatoms. The number of aromatic nitrogens is 2. The van der Waals surface area contributed by atoms with Crippen molar-refractivity contribution in [3.8, 4) is 0 Å². The third-order valence-corrected chi connectivity index (χ3v) is 1.31. The van der Waals surface area contributed by atoms with Crippen LogP contribution in [0.25, 0.3) is 0 Å². The average Bonchev–Trinajstić information content (AvgIpc) is 1.89. The highest BCUT2D eigenvalue weighted by molar-refractivity contribution is 14.1. The van der Waals surface area contributed by atoms with Gasteiger partial charge in [-0.2, -0.15) is 0 Å². The zero-order valence-corrected chi connectivity index (χ0v) is 6.55. The Morgan fingerprint density at radius 2 is 2.56 bits per heavy atom. The molecular weight excluding hydrogens is 233 g/mol. The summed E-state index contributed by atoms with van der Waals surface area (Å²) in [6, 6.07) is 0. The molecule has 0 aromatic carbocycles. The molecule has 48 valence electrons. The Morgan fingerprint density at radius 1 is 1.78 bits per heavy atom. The molecule has 0 fully saturated rings. The fourth-order valence-corrected chi connectivity index (χ4v) is 0.803. The SMILES string of the molecule is O=c1[nH]ccnc1NI. The minimum absolute atomic E-state index is 0.202. The molecule has 0 unspecified atom stereocenters. The number of aromatic amines is 1. The minimum Gasteiger partial charge on any atom is -0.324 e. The van der Waals surface area contributed by atoms with E-state index in [4.69, 9.17) is 0 Å². The Morgan fingerprint density at radius 3 is 3.00 bits per heavy atom. The zero-order chi connectivity index (χ0) is 6.69. The zero-order valence-electron chi connectivity index (χ0n) is 4.39. The van der Waals surface area contributed by atoms with E-state index in [2.05, 4.69) is 13.5 Å². The predicted molar refractivity (Wildman–Crippen MR) is 42.5 cm³/mol. The summed E-state index contributed by atoms with van der Waals surface area (Å²) in [5.41, 5.74) is -0.202. The molecule has 0 amide bonds. The van der Waals surface area contributed by atoms with E-state index < -0.39 is 0 Å². The maximum atomic E-state index is 10.7. The van der Waals surface area contributed by atoms with Crippen LogP contribution >= 0.6 is 22.9 Å². The second kappa shape index (κ2) is 2.81. The van der Waals surface area contributed by atoms with Gasteiger partial charge >= 0.3 is 0 Å². The van der Waals surface area contributed by atoms with E-state index in [-0.39, 0.29) is 5.56 Å². The predicted octanol–water partition coefficient (Wildman–Crippen LogP) is 0.532. The number of H-pyrrole nitrogens is 1. The summed E-state index contributed by atoms with van der Waals surface area (Å²) >= 11 is 1.85. The molecule has 0 saturated heterocycles. The van der Waals surface area contributed by atoms with Gasteiger partial charge in [-0.05, 0) is 0 Å². The summed E-state index contributed by atoms with van der Waals surface area (Å²) < 4.78 is 2.61. The van der Waals surface area contributed by atoms with Crippen molar-refractivity contribution in [3.05, 3.63) is 22.7 Å². The van der Waals surface area contributed by atoms with E-state index >= 15 is 0 Å². The van der Waals surface area contributed by atoms with Crippen LogP contribution in [-0.4, -0.2) is 9.97 Å². The highest BCUT2D eigenvalue weighted by atomic mass is 127. The standard InChI is InChI=1S/C4H4IN3O/c5-8-3-4(9)7-2-1-6-3/h1-2H,(H,6,8)(H,7,9). The molecule has 2 N–H and O–H groups in total. The van der Waals surface area contributed by atoms with E-state index in [1.54, 1.807) is 0 Å². The van der Waals surface area contributed by atoms with E-state index in [9.17, 15) is 4.79 Å². The van der Waals surface area contributed by atoms with Crippen molar-refractivity contribution in [2.24, 2.45) is 0 Å².